The first-order valence-electron chi connectivity index (χ1n) is 7.49. The molecule has 0 aromatic heterocycles. The topological polar surface area (TPSA) is 49.4 Å². The largest absolute Gasteiger partial charge is 0.370 e. The second-order valence-electron chi connectivity index (χ2n) is 5.98. The molecule has 0 spiro atoms. The van der Waals surface area contributed by atoms with Crippen LogP contribution in [0.2, 0.25) is 5.02 Å². The minimum atomic E-state index is -2.80. The second-order valence-corrected chi connectivity index (χ2v) is 8.62. The zero-order chi connectivity index (χ0) is 14.9. The van der Waals surface area contributed by atoms with E-state index in [1.807, 2.05) is 18.2 Å². The van der Waals surface area contributed by atoms with Crippen LogP contribution in [0.15, 0.2) is 24.3 Å². The average molecular weight is 329 g/mol. The van der Waals surface area contributed by atoms with Gasteiger partial charge in [0.05, 0.1) is 22.2 Å². The molecule has 2 fully saturated rings. The molecule has 1 aromatic carbocycles. The molecular weight excluding hydrogens is 308 g/mol. The molecule has 0 bridgehead atoms. The normalized spacial score (nSPS) is 26.1. The predicted molar refractivity (Wildman–Crippen MR) is 86.9 cm³/mol. The highest BCUT2D eigenvalue weighted by atomic mass is 35.5. The van der Waals surface area contributed by atoms with E-state index in [1.54, 1.807) is 0 Å². The van der Waals surface area contributed by atoms with Gasteiger partial charge in [0.25, 0.3) is 0 Å². The standard InChI is InChI=1S/C15H21ClN2O2S/c16-14-3-1-2-4-15(14)18-8-5-12(6-9-18)17-13-7-10-21(19,20)11-13/h1-4,12-13,17H,5-11H2. The Morgan fingerprint density at radius 3 is 2.43 bits per heavy atom. The minimum Gasteiger partial charge on any atom is -0.370 e. The van der Waals surface area contributed by atoms with Gasteiger partial charge in [-0.1, -0.05) is 23.7 Å². The molecule has 2 aliphatic heterocycles. The summed E-state index contributed by atoms with van der Waals surface area (Å²) in [5.74, 6) is 0.640. The van der Waals surface area contributed by atoms with Crippen LogP contribution in [0.25, 0.3) is 0 Å². The first kappa shape index (κ1) is 15.1. The lowest BCUT2D eigenvalue weighted by Gasteiger charge is -2.35. The highest BCUT2D eigenvalue weighted by Crippen LogP contribution is 2.28. The van der Waals surface area contributed by atoms with Crippen LogP contribution in [0.4, 0.5) is 5.69 Å². The van der Waals surface area contributed by atoms with Crippen molar-refractivity contribution in [1.82, 2.24) is 5.32 Å². The molecule has 116 valence electrons. The maximum absolute atomic E-state index is 11.5. The van der Waals surface area contributed by atoms with Gasteiger partial charge in [-0.05, 0) is 31.4 Å². The van der Waals surface area contributed by atoms with E-state index in [0.717, 1.165) is 43.1 Å². The Kier molecular flexibility index (Phi) is 4.43. The molecule has 1 atom stereocenters. The van der Waals surface area contributed by atoms with Crippen molar-refractivity contribution in [1.29, 1.82) is 0 Å². The van der Waals surface area contributed by atoms with Crippen molar-refractivity contribution in [2.75, 3.05) is 29.5 Å². The van der Waals surface area contributed by atoms with E-state index in [1.165, 1.54) is 0 Å². The van der Waals surface area contributed by atoms with Gasteiger partial charge < -0.3 is 10.2 Å². The number of benzene rings is 1. The minimum absolute atomic E-state index is 0.145. The molecule has 1 N–H and O–H groups in total. The van der Waals surface area contributed by atoms with E-state index in [-0.39, 0.29) is 6.04 Å². The summed E-state index contributed by atoms with van der Waals surface area (Å²) in [4.78, 5) is 2.31. The van der Waals surface area contributed by atoms with Crippen LogP contribution >= 0.6 is 11.6 Å². The van der Waals surface area contributed by atoms with Gasteiger partial charge in [0.15, 0.2) is 9.84 Å². The summed E-state index contributed by atoms with van der Waals surface area (Å²) in [6.07, 6.45) is 2.82. The summed E-state index contributed by atoms with van der Waals surface area (Å²) in [7, 11) is -2.80. The van der Waals surface area contributed by atoms with Gasteiger partial charge in [0.2, 0.25) is 0 Å². The lowest BCUT2D eigenvalue weighted by atomic mass is 10.0. The number of anilines is 1. The van der Waals surface area contributed by atoms with Crippen molar-refractivity contribution in [3.63, 3.8) is 0 Å². The molecule has 21 heavy (non-hydrogen) atoms. The Morgan fingerprint density at radius 2 is 1.81 bits per heavy atom. The molecular formula is C15H21ClN2O2S. The summed E-state index contributed by atoms with van der Waals surface area (Å²) in [5, 5.41) is 4.32. The molecule has 2 heterocycles. The average Bonchev–Trinajstić information content (AvgIpc) is 2.80. The van der Waals surface area contributed by atoms with Gasteiger partial charge in [0, 0.05) is 25.2 Å². The third-order valence-electron chi connectivity index (χ3n) is 4.39. The lowest BCUT2D eigenvalue weighted by Crippen LogP contribution is -2.46. The van der Waals surface area contributed by atoms with Crippen LogP contribution in [0.3, 0.4) is 0 Å². The van der Waals surface area contributed by atoms with E-state index in [0.29, 0.717) is 17.5 Å². The number of sulfone groups is 1. The summed E-state index contributed by atoms with van der Waals surface area (Å²) in [5.41, 5.74) is 1.10. The molecule has 1 unspecified atom stereocenters. The van der Waals surface area contributed by atoms with Crippen molar-refractivity contribution in [3.05, 3.63) is 29.3 Å². The number of piperidine rings is 1. The predicted octanol–water partition coefficient (Wildman–Crippen LogP) is 2.09. The smallest absolute Gasteiger partial charge is 0.151 e. The molecule has 2 aliphatic rings. The molecule has 2 saturated heterocycles. The van der Waals surface area contributed by atoms with Crippen molar-refractivity contribution in [2.45, 2.75) is 31.3 Å². The van der Waals surface area contributed by atoms with Crippen LogP contribution in [-0.4, -0.2) is 45.1 Å². The van der Waals surface area contributed by atoms with Gasteiger partial charge in [0.1, 0.15) is 0 Å². The molecule has 1 aromatic rings. The first-order valence-corrected chi connectivity index (χ1v) is 9.69. The third-order valence-corrected chi connectivity index (χ3v) is 6.48. The fourth-order valence-electron chi connectivity index (χ4n) is 3.26. The SMILES string of the molecule is O=S1(=O)CCC(NC2CCN(c3ccccc3Cl)CC2)C1. The molecule has 4 nitrogen and oxygen atoms in total. The summed E-state index contributed by atoms with van der Waals surface area (Å²) in [6, 6.07) is 8.49. The van der Waals surface area contributed by atoms with Gasteiger partial charge >= 0.3 is 0 Å². The van der Waals surface area contributed by atoms with Crippen molar-refractivity contribution < 1.29 is 8.42 Å². The van der Waals surface area contributed by atoms with Crippen molar-refractivity contribution in [3.8, 4) is 0 Å². The van der Waals surface area contributed by atoms with E-state index in [2.05, 4.69) is 16.3 Å². The van der Waals surface area contributed by atoms with Crippen molar-refractivity contribution >= 4 is 27.1 Å². The molecule has 0 saturated carbocycles. The number of nitrogens with zero attached hydrogens (tertiary/aromatic N) is 1. The van der Waals surface area contributed by atoms with Crippen molar-refractivity contribution in [2.24, 2.45) is 0 Å². The summed E-state index contributed by atoms with van der Waals surface area (Å²) in [6.45, 7) is 1.92. The molecule has 6 heteroatoms. The van der Waals surface area contributed by atoms with Gasteiger partial charge in [-0.15, -0.1) is 0 Å². The van der Waals surface area contributed by atoms with Crippen LogP contribution in [-0.2, 0) is 9.84 Å². The van der Waals surface area contributed by atoms with E-state index in [9.17, 15) is 8.42 Å². The number of nitrogens with one attached hydrogen (secondary N) is 1. The Morgan fingerprint density at radius 1 is 1.10 bits per heavy atom. The van der Waals surface area contributed by atoms with Crippen LogP contribution in [0, 0.1) is 0 Å². The van der Waals surface area contributed by atoms with Crippen LogP contribution < -0.4 is 10.2 Å². The van der Waals surface area contributed by atoms with Gasteiger partial charge in [-0.25, -0.2) is 8.42 Å². The zero-order valence-electron chi connectivity index (χ0n) is 12.0. The molecule has 0 amide bonds. The van der Waals surface area contributed by atoms with Crippen LogP contribution in [0.1, 0.15) is 19.3 Å². The number of rotatable bonds is 3. The van der Waals surface area contributed by atoms with E-state index < -0.39 is 9.84 Å². The van der Waals surface area contributed by atoms with Gasteiger partial charge in [-0.3, -0.25) is 0 Å². The number of para-hydroxylation sites is 1. The Bertz CT molecular complexity index is 597. The summed E-state index contributed by atoms with van der Waals surface area (Å²) < 4.78 is 23.0. The Labute approximate surface area is 131 Å². The highest BCUT2D eigenvalue weighted by molar-refractivity contribution is 7.91. The highest BCUT2D eigenvalue weighted by Gasteiger charge is 2.30. The monoisotopic (exact) mass is 328 g/mol. The molecule has 0 aliphatic carbocycles. The fraction of sp³-hybridized carbons (Fsp3) is 0.600. The third kappa shape index (κ3) is 3.71. The lowest BCUT2D eigenvalue weighted by molar-refractivity contribution is 0.379. The quantitative estimate of drug-likeness (QED) is 0.923. The van der Waals surface area contributed by atoms with E-state index >= 15 is 0 Å². The number of hydrogen-bond acceptors (Lipinski definition) is 4. The molecule has 3 rings (SSSR count). The number of hydrogen-bond donors (Lipinski definition) is 1. The van der Waals surface area contributed by atoms with Crippen LogP contribution in [0.5, 0.6) is 0 Å². The summed E-state index contributed by atoms with van der Waals surface area (Å²) >= 11 is 6.24. The first-order chi connectivity index (χ1) is 10.0. The Hall–Kier alpha value is -0.780. The second kappa shape index (κ2) is 6.15. The number of halogens is 1. The maximum Gasteiger partial charge on any atom is 0.151 e. The maximum atomic E-state index is 11.5. The zero-order valence-corrected chi connectivity index (χ0v) is 13.5. The van der Waals surface area contributed by atoms with E-state index in [4.69, 9.17) is 11.6 Å². The fourth-order valence-corrected chi connectivity index (χ4v) is 5.20. The Balaban J connectivity index is 1.53. The molecule has 0 radical (unpaired) electrons. The van der Waals surface area contributed by atoms with Gasteiger partial charge in [-0.2, -0.15) is 0 Å².